The molecule has 1 fully saturated rings. The Bertz CT molecular complexity index is 102. The topological polar surface area (TPSA) is 38.3 Å². The van der Waals surface area contributed by atoms with E-state index in [0.717, 1.165) is 0 Å². The molecule has 1 heterocycles. The molecular weight excluding hydrogens is 130 g/mol. The molecule has 0 aromatic carbocycles. The van der Waals surface area contributed by atoms with Crippen LogP contribution in [-0.4, -0.2) is 24.6 Å². The van der Waals surface area contributed by atoms with Crippen LogP contribution in [0.1, 0.15) is 0 Å². The lowest BCUT2D eigenvalue weighted by atomic mass is 10.3. The molecule has 0 spiro atoms. The van der Waals surface area contributed by atoms with Gasteiger partial charge in [0.2, 0.25) is 0 Å². The molecule has 0 saturated carbocycles. The molecule has 0 atom stereocenters. The summed E-state index contributed by atoms with van der Waals surface area (Å²) in [6, 6.07) is 0.153. The lowest BCUT2D eigenvalue weighted by Crippen LogP contribution is -2.46. The number of hydrogen-bond donors (Lipinski definition) is 1. The normalized spacial score (nSPS) is 19.6. The van der Waals surface area contributed by atoms with Crippen LogP contribution in [-0.2, 0) is 4.74 Å². The van der Waals surface area contributed by atoms with Crippen LogP contribution < -0.4 is 5.32 Å². The van der Waals surface area contributed by atoms with Crippen LogP contribution in [0.3, 0.4) is 0 Å². The van der Waals surface area contributed by atoms with Gasteiger partial charge in [0.25, 0.3) is 0 Å². The van der Waals surface area contributed by atoms with Crippen molar-refractivity contribution in [1.29, 1.82) is 0 Å². The monoisotopic (exact) mass is 135 g/mol. The number of hydrogen-bond acceptors (Lipinski definition) is 2. The van der Waals surface area contributed by atoms with Crippen molar-refractivity contribution < 1.29 is 9.53 Å². The van der Waals surface area contributed by atoms with Gasteiger partial charge in [-0.3, -0.25) is 4.79 Å². The molecule has 4 heteroatoms. The molecule has 1 amide bonds. The van der Waals surface area contributed by atoms with Crippen molar-refractivity contribution in [2.75, 3.05) is 13.2 Å². The number of rotatable bonds is 1. The molecule has 1 rings (SSSR count). The summed E-state index contributed by atoms with van der Waals surface area (Å²) in [5.74, 6) is 0. The Hall–Kier alpha value is -0.280. The minimum absolute atomic E-state index is 0.153. The third kappa shape index (κ3) is 1.35. The lowest BCUT2D eigenvalue weighted by Gasteiger charge is -2.25. The van der Waals surface area contributed by atoms with E-state index in [1.807, 2.05) is 0 Å². The molecule has 0 aliphatic carbocycles. The zero-order valence-electron chi connectivity index (χ0n) is 4.19. The average molecular weight is 136 g/mol. The number of halogens is 1. The molecule has 0 aromatic heterocycles. The maximum Gasteiger partial charge on any atom is 0.314 e. The van der Waals surface area contributed by atoms with Gasteiger partial charge in [0.05, 0.1) is 19.3 Å². The van der Waals surface area contributed by atoms with Crippen molar-refractivity contribution >= 4 is 17.0 Å². The molecule has 0 bridgehead atoms. The Morgan fingerprint density at radius 3 is 2.50 bits per heavy atom. The minimum Gasteiger partial charge on any atom is -0.377 e. The van der Waals surface area contributed by atoms with Gasteiger partial charge in [-0.15, -0.1) is 0 Å². The van der Waals surface area contributed by atoms with Crippen LogP contribution in [0.2, 0.25) is 0 Å². The van der Waals surface area contributed by atoms with E-state index in [9.17, 15) is 4.79 Å². The van der Waals surface area contributed by atoms with Gasteiger partial charge in [0.1, 0.15) is 0 Å². The number of ether oxygens (including phenoxy) is 1. The molecule has 1 aliphatic heterocycles. The highest BCUT2D eigenvalue weighted by Gasteiger charge is 2.18. The molecule has 1 N–H and O–H groups in total. The largest absolute Gasteiger partial charge is 0.377 e. The summed E-state index contributed by atoms with van der Waals surface area (Å²) < 4.78 is 4.76. The van der Waals surface area contributed by atoms with E-state index in [1.165, 1.54) is 0 Å². The Morgan fingerprint density at radius 2 is 2.38 bits per heavy atom. The van der Waals surface area contributed by atoms with Crippen LogP contribution in [0, 0.1) is 0 Å². The fourth-order valence-corrected chi connectivity index (χ4v) is 0.634. The number of carbonyl (C=O) groups excluding carboxylic acids is 1. The van der Waals surface area contributed by atoms with Crippen molar-refractivity contribution in [3.05, 3.63) is 0 Å². The highest BCUT2D eigenvalue weighted by molar-refractivity contribution is 6.63. The van der Waals surface area contributed by atoms with Crippen LogP contribution in [0.15, 0.2) is 0 Å². The standard InChI is InChI=1S/C4H6ClNO2/c5-4(7)6-3-1-8-2-3/h3H,1-2H2,(H,6,7). The fourth-order valence-electron chi connectivity index (χ4n) is 0.480. The number of carbonyl (C=O) groups is 1. The second-order valence-electron chi connectivity index (χ2n) is 1.65. The molecule has 46 valence electrons. The highest BCUT2D eigenvalue weighted by atomic mass is 35.5. The number of nitrogens with one attached hydrogen (secondary N) is 1. The molecule has 8 heavy (non-hydrogen) atoms. The molecule has 0 radical (unpaired) electrons. The van der Waals surface area contributed by atoms with Crippen molar-refractivity contribution in [3.8, 4) is 0 Å². The van der Waals surface area contributed by atoms with Crippen molar-refractivity contribution in [3.63, 3.8) is 0 Å². The summed E-state index contributed by atoms with van der Waals surface area (Å²) in [7, 11) is 0. The zero-order chi connectivity index (χ0) is 5.98. The molecule has 1 saturated heterocycles. The zero-order valence-corrected chi connectivity index (χ0v) is 4.94. The van der Waals surface area contributed by atoms with Gasteiger partial charge in [0.15, 0.2) is 0 Å². The summed E-state index contributed by atoms with van der Waals surface area (Å²) in [5.41, 5.74) is 0. The quantitative estimate of drug-likeness (QED) is 0.416. The van der Waals surface area contributed by atoms with E-state index >= 15 is 0 Å². The fraction of sp³-hybridized carbons (Fsp3) is 0.750. The van der Waals surface area contributed by atoms with Gasteiger partial charge in [-0.1, -0.05) is 0 Å². The predicted octanol–water partition coefficient (Wildman–Crippen LogP) is 0.334. The van der Waals surface area contributed by atoms with Gasteiger partial charge in [-0.05, 0) is 11.6 Å². The van der Waals surface area contributed by atoms with E-state index in [-0.39, 0.29) is 6.04 Å². The second-order valence-corrected chi connectivity index (χ2v) is 2.00. The summed E-state index contributed by atoms with van der Waals surface area (Å²) in [5, 5.41) is 1.98. The molecule has 0 unspecified atom stereocenters. The maximum atomic E-state index is 10.0. The van der Waals surface area contributed by atoms with E-state index in [2.05, 4.69) is 5.32 Å². The lowest BCUT2D eigenvalue weighted by molar-refractivity contribution is 0.00132. The second kappa shape index (κ2) is 2.33. The Morgan fingerprint density at radius 1 is 1.75 bits per heavy atom. The van der Waals surface area contributed by atoms with Gasteiger partial charge < -0.3 is 10.1 Å². The van der Waals surface area contributed by atoms with Gasteiger partial charge >= 0.3 is 5.37 Å². The summed E-state index contributed by atoms with van der Waals surface area (Å²) in [6.45, 7) is 1.19. The third-order valence-corrected chi connectivity index (χ3v) is 1.06. The first kappa shape index (κ1) is 5.85. The molecule has 3 nitrogen and oxygen atoms in total. The van der Waals surface area contributed by atoms with Gasteiger partial charge in [-0.2, -0.15) is 0 Å². The van der Waals surface area contributed by atoms with Gasteiger partial charge in [0, 0.05) is 0 Å². The smallest absolute Gasteiger partial charge is 0.314 e. The van der Waals surface area contributed by atoms with E-state index in [4.69, 9.17) is 16.3 Å². The van der Waals surface area contributed by atoms with Crippen molar-refractivity contribution in [2.24, 2.45) is 0 Å². The molecular formula is C4H6ClNO2. The molecule has 1 aliphatic rings. The van der Waals surface area contributed by atoms with Crippen LogP contribution in [0.4, 0.5) is 4.79 Å². The van der Waals surface area contributed by atoms with Crippen LogP contribution in [0.5, 0.6) is 0 Å². The van der Waals surface area contributed by atoms with Gasteiger partial charge in [-0.25, -0.2) is 0 Å². The number of amides is 1. The third-order valence-electron chi connectivity index (χ3n) is 0.956. The Balaban J connectivity index is 2.09. The first-order valence-electron chi connectivity index (χ1n) is 2.33. The van der Waals surface area contributed by atoms with Crippen molar-refractivity contribution in [2.45, 2.75) is 6.04 Å². The van der Waals surface area contributed by atoms with E-state index in [1.54, 1.807) is 0 Å². The summed E-state index contributed by atoms with van der Waals surface area (Å²) >= 11 is 4.98. The van der Waals surface area contributed by atoms with Crippen LogP contribution >= 0.6 is 11.6 Å². The SMILES string of the molecule is O=C(Cl)NC1COC1. The van der Waals surface area contributed by atoms with E-state index in [0.29, 0.717) is 13.2 Å². The Labute approximate surface area is 52.0 Å². The Kier molecular flexibility index (Phi) is 1.70. The van der Waals surface area contributed by atoms with E-state index < -0.39 is 5.37 Å². The van der Waals surface area contributed by atoms with Crippen LogP contribution in [0.25, 0.3) is 0 Å². The predicted molar refractivity (Wildman–Crippen MR) is 29.0 cm³/mol. The van der Waals surface area contributed by atoms with Crippen molar-refractivity contribution in [1.82, 2.24) is 5.32 Å². The minimum atomic E-state index is -0.502. The first-order valence-corrected chi connectivity index (χ1v) is 2.70. The summed E-state index contributed by atoms with van der Waals surface area (Å²) in [6.07, 6.45) is 0. The highest BCUT2D eigenvalue weighted by Crippen LogP contribution is 1.99. The first-order chi connectivity index (χ1) is 3.79. The molecule has 0 aromatic rings. The summed E-state index contributed by atoms with van der Waals surface area (Å²) in [4.78, 5) is 10.0. The maximum absolute atomic E-state index is 10.0. The average Bonchev–Trinajstić information content (AvgIpc) is 1.55.